The molecule has 0 radical (unpaired) electrons. The number of carboxylic acids is 1. The summed E-state index contributed by atoms with van der Waals surface area (Å²) in [5.74, 6) is -0.0298. The standard InChI is InChI=1S/C29H35N3O6/c1-4-37-24-14-19(15-25(38-5-2)27(24)32-10-6-7-11-32)18-31-12-8-20(9-13-31)26-22(28(30)33)16-21(36-3)17-23(26)29(34)35/h6-7,10-11,14-17,20H,4-5,8-9,12-13,18H2,1-3H3,(H2,30,33)(H,34,35). The Kier molecular flexibility index (Phi) is 8.58. The summed E-state index contributed by atoms with van der Waals surface area (Å²) in [7, 11) is 1.43. The van der Waals surface area contributed by atoms with Crippen molar-refractivity contribution in [1.82, 2.24) is 9.47 Å². The third-order valence-corrected chi connectivity index (χ3v) is 6.85. The van der Waals surface area contributed by atoms with Gasteiger partial charge in [-0.15, -0.1) is 0 Å². The van der Waals surface area contributed by atoms with Crippen molar-refractivity contribution in [3.8, 4) is 22.9 Å². The molecule has 3 aromatic rings. The number of methoxy groups -OCH3 is 1. The highest BCUT2D eigenvalue weighted by atomic mass is 16.5. The lowest BCUT2D eigenvalue weighted by Crippen LogP contribution is -2.33. The highest BCUT2D eigenvalue weighted by Crippen LogP contribution is 2.38. The fourth-order valence-corrected chi connectivity index (χ4v) is 5.20. The second kappa shape index (κ2) is 12.0. The van der Waals surface area contributed by atoms with E-state index < -0.39 is 11.9 Å². The van der Waals surface area contributed by atoms with Crippen molar-refractivity contribution in [3.05, 3.63) is 71.0 Å². The van der Waals surface area contributed by atoms with Gasteiger partial charge >= 0.3 is 5.97 Å². The molecular weight excluding hydrogens is 486 g/mol. The van der Waals surface area contributed by atoms with Crippen LogP contribution in [0.4, 0.5) is 0 Å². The zero-order valence-electron chi connectivity index (χ0n) is 22.1. The average Bonchev–Trinajstić information content (AvgIpc) is 3.43. The van der Waals surface area contributed by atoms with Gasteiger partial charge in [0.25, 0.3) is 0 Å². The monoisotopic (exact) mass is 521 g/mol. The molecule has 3 N–H and O–H groups in total. The van der Waals surface area contributed by atoms with Crippen LogP contribution < -0.4 is 19.9 Å². The Morgan fingerprint density at radius 3 is 2.05 bits per heavy atom. The first-order valence-corrected chi connectivity index (χ1v) is 12.9. The molecule has 0 saturated carbocycles. The van der Waals surface area contributed by atoms with Gasteiger partial charge in [0.2, 0.25) is 5.91 Å². The number of carbonyl (C=O) groups is 2. The molecule has 9 heteroatoms. The van der Waals surface area contributed by atoms with E-state index in [1.807, 2.05) is 42.9 Å². The molecule has 9 nitrogen and oxygen atoms in total. The summed E-state index contributed by atoms with van der Waals surface area (Å²) in [4.78, 5) is 26.6. The molecule has 38 heavy (non-hydrogen) atoms. The molecule has 0 spiro atoms. The molecule has 1 aromatic heterocycles. The molecule has 0 bridgehead atoms. The zero-order chi connectivity index (χ0) is 27.2. The normalized spacial score (nSPS) is 14.3. The number of nitrogens with zero attached hydrogens (tertiary/aromatic N) is 2. The van der Waals surface area contributed by atoms with Crippen LogP contribution in [-0.4, -0.2) is 59.9 Å². The van der Waals surface area contributed by atoms with Crippen LogP contribution in [0.5, 0.6) is 17.2 Å². The molecule has 2 heterocycles. The number of amides is 1. The van der Waals surface area contributed by atoms with Crippen LogP contribution in [-0.2, 0) is 6.54 Å². The van der Waals surface area contributed by atoms with Crippen molar-refractivity contribution in [1.29, 1.82) is 0 Å². The Bertz CT molecular complexity index is 1220. The van der Waals surface area contributed by atoms with Crippen LogP contribution >= 0.6 is 0 Å². The molecule has 0 unspecified atom stereocenters. The number of aromatic carboxylic acids is 1. The lowest BCUT2D eigenvalue weighted by Gasteiger charge is -2.33. The van der Waals surface area contributed by atoms with Crippen LogP contribution in [0.25, 0.3) is 5.69 Å². The molecule has 1 fully saturated rings. The molecule has 1 saturated heterocycles. The Morgan fingerprint density at radius 1 is 0.974 bits per heavy atom. The molecule has 1 amide bonds. The summed E-state index contributed by atoms with van der Waals surface area (Å²) in [6.45, 7) is 7.15. The minimum Gasteiger partial charge on any atom is -0.497 e. The summed E-state index contributed by atoms with van der Waals surface area (Å²) in [6, 6.07) is 11.0. The largest absolute Gasteiger partial charge is 0.497 e. The van der Waals surface area contributed by atoms with Crippen molar-refractivity contribution in [2.75, 3.05) is 33.4 Å². The third kappa shape index (κ3) is 5.78. The summed E-state index contributed by atoms with van der Waals surface area (Å²) < 4.78 is 19.2. The minimum atomic E-state index is -1.10. The van der Waals surface area contributed by atoms with Gasteiger partial charge in [0, 0.05) is 24.5 Å². The Hall–Kier alpha value is -3.98. The fraction of sp³-hybridized carbons (Fsp3) is 0.379. The van der Waals surface area contributed by atoms with Crippen LogP contribution in [0, 0.1) is 0 Å². The number of hydrogen-bond donors (Lipinski definition) is 2. The highest BCUT2D eigenvalue weighted by molar-refractivity contribution is 6.00. The Labute approximate surface area is 222 Å². The highest BCUT2D eigenvalue weighted by Gasteiger charge is 2.29. The zero-order valence-corrected chi connectivity index (χ0v) is 22.1. The van der Waals surface area contributed by atoms with Crippen molar-refractivity contribution in [2.24, 2.45) is 5.73 Å². The van der Waals surface area contributed by atoms with E-state index in [9.17, 15) is 14.7 Å². The number of piperidine rings is 1. The van der Waals surface area contributed by atoms with E-state index in [1.54, 1.807) is 0 Å². The molecule has 1 aliphatic heterocycles. The number of nitrogens with two attached hydrogens (primary N) is 1. The summed E-state index contributed by atoms with van der Waals surface area (Å²) in [5.41, 5.74) is 8.37. The Morgan fingerprint density at radius 2 is 1.55 bits per heavy atom. The van der Waals surface area contributed by atoms with Gasteiger partial charge in [0.15, 0.2) is 0 Å². The molecular formula is C29H35N3O6. The molecule has 202 valence electrons. The SMILES string of the molecule is CCOc1cc(CN2CCC(c3c(C(N)=O)cc(OC)cc3C(=O)O)CC2)cc(OCC)c1-n1cccc1. The van der Waals surface area contributed by atoms with E-state index >= 15 is 0 Å². The number of aromatic nitrogens is 1. The topological polar surface area (TPSA) is 116 Å². The lowest BCUT2D eigenvalue weighted by molar-refractivity contribution is 0.0693. The predicted molar refractivity (Wildman–Crippen MR) is 144 cm³/mol. The summed E-state index contributed by atoms with van der Waals surface area (Å²) in [5, 5.41) is 9.86. The molecule has 1 aliphatic rings. The number of likely N-dealkylation sites (tertiary alicyclic amines) is 1. The van der Waals surface area contributed by atoms with Crippen molar-refractivity contribution in [2.45, 2.75) is 39.2 Å². The average molecular weight is 522 g/mol. The van der Waals surface area contributed by atoms with Crippen molar-refractivity contribution < 1.29 is 28.9 Å². The number of ether oxygens (including phenoxy) is 3. The van der Waals surface area contributed by atoms with Gasteiger partial charge in [-0.1, -0.05) is 0 Å². The fourth-order valence-electron chi connectivity index (χ4n) is 5.20. The summed E-state index contributed by atoms with van der Waals surface area (Å²) in [6.07, 6.45) is 5.33. The van der Waals surface area contributed by atoms with E-state index in [-0.39, 0.29) is 17.0 Å². The molecule has 0 aliphatic carbocycles. The maximum absolute atomic E-state index is 12.2. The van der Waals surface area contributed by atoms with Gasteiger partial charge < -0.3 is 29.6 Å². The maximum Gasteiger partial charge on any atom is 0.336 e. The third-order valence-electron chi connectivity index (χ3n) is 6.85. The van der Waals surface area contributed by atoms with Gasteiger partial charge in [-0.3, -0.25) is 9.69 Å². The predicted octanol–water partition coefficient (Wildman–Crippen LogP) is 4.46. The smallest absolute Gasteiger partial charge is 0.336 e. The van der Waals surface area contributed by atoms with Gasteiger partial charge in [-0.25, -0.2) is 4.79 Å². The van der Waals surface area contributed by atoms with Crippen LogP contribution in [0.15, 0.2) is 48.8 Å². The number of rotatable bonds is 11. The first kappa shape index (κ1) is 27.1. The number of primary amides is 1. The van der Waals surface area contributed by atoms with E-state index in [4.69, 9.17) is 19.9 Å². The number of carboxylic acid groups (broad SMARTS) is 1. The lowest BCUT2D eigenvalue weighted by atomic mass is 9.83. The Balaban J connectivity index is 1.57. The second-order valence-electron chi connectivity index (χ2n) is 9.25. The summed E-state index contributed by atoms with van der Waals surface area (Å²) >= 11 is 0. The number of carbonyl (C=O) groups excluding carboxylic acids is 1. The van der Waals surface area contributed by atoms with E-state index in [2.05, 4.69) is 17.0 Å². The number of benzene rings is 2. The minimum absolute atomic E-state index is 0.0694. The molecule has 0 atom stereocenters. The van der Waals surface area contributed by atoms with E-state index in [1.165, 1.54) is 19.2 Å². The van der Waals surface area contributed by atoms with Crippen LogP contribution in [0.1, 0.15) is 64.4 Å². The van der Waals surface area contributed by atoms with E-state index in [0.717, 1.165) is 35.8 Å². The maximum atomic E-state index is 12.2. The number of hydrogen-bond acceptors (Lipinski definition) is 6. The van der Waals surface area contributed by atoms with Gasteiger partial charge in [0.05, 0.1) is 25.9 Å². The van der Waals surface area contributed by atoms with Crippen LogP contribution in [0.3, 0.4) is 0 Å². The van der Waals surface area contributed by atoms with Crippen molar-refractivity contribution in [3.63, 3.8) is 0 Å². The van der Waals surface area contributed by atoms with Crippen LogP contribution in [0.2, 0.25) is 0 Å². The molecule has 4 rings (SSSR count). The van der Waals surface area contributed by atoms with Gasteiger partial charge in [-0.05, 0) is 93.2 Å². The quantitative estimate of drug-likeness (QED) is 0.383. The molecule has 2 aromatic carbocycles. The van der Waals surface area contributed by atoms with E-state index in [0.29, 0.717) is 43.9 Å². The van der Waals surface area contributed by atoms with Gasteiger partial charge in [-0.2, -0.15) is 0 Å². The first-order chi connectivity index (χ1) is 18.4. The van der Waals surface area contributed by atoms with Gasteiger partial charge in [0.1, 0.15) is 22.9 Å². The van der Waals surface area contributed by atoms with Crippen molar-refractivity contribution >= 4 is 11.9 Å². The second-order valence-corrected chi connectivity index (χ2v) is 9.25. The first-order valence-electron chi connectivity index (χ1n) is 12.9.